The van der Waals surface area contributed by atoms with Crippen LogP contribution in [0.1, 0.15) is 45.4 Å². The number of carbonyl (C=O) groups is 1. The van der Waals surface area contributed by atoms with E-state index in [4.69, 9.17) is 11.6 Å². The third-order valence-electron chi connectivity index (χ3n) is 5.39. The van der Waals surface area contributed by atoms with Crippen molar-refractivity contribution >= 4 is 17.5 Å². The minimum absolute atomic E-state index is 0.000777. The first-order valence-corrected chi connectivity index (χ1v) is 7.99. The standard InChI is InChI=1S/C15H24ClNO/c1-10(8-16)9-17-14(18)15-5-11-2-12(6-15)4-13(3-11)7-15/h10-13H,2-9H2,1H3,(H,17,18). The molecule has 0 saturated heterocycles. The Labute approximate surface area is 115 Å². The molecule has 0 heterocycles. The van der Waals surface area contributed by atoms with Crippen LogP contribution in [0.3, 0.4) is 0 Å². The molecule has 0 aromatic rings. The van der Waals surface area contributed by atoms with E-state index in [0.29, 0.717) is 17.7 Å². The van der Waals surface area contributed by atoms with Gasteiger partial charge in [0.2, 0.25) is 5.91 Å². The fourth-order valence-electron chi connectivity index (χ4n) is 4.90. The summed E-state index contributed by atoms with van der Waals surface area (Å²) >= 11 is 5.80. The third-order valence-corrected chi connectivity index (χ3v) is 5.92. The highest BCUT2D eigenvalue weighted by Gasteiger charge is 2.54. The summed E-state index contributed by atoms with van der Waals surface area (Å²) in [5, 5.41) is 3.17. The molecule has 4 fully saturated rings. The predicted molar refractivity (Wildman–Crippen MR) is 73.5 cm³/mol. The molecule has 0 radical (unpaired) electrons. The molecule has 0 aliphatic heterocycles. The van der Waals surface area contributed by atoms with Gasteiger partial charge in [-0.25, -0.2) is 0 Å². The van der Waals surface area contributed by atoms with Crippen LogP contribution in [0.2, 0.25) is 0 Å². The summed E-state index contributed by atoms with van der Waals surface area (Å²) in [5.74, 6) is 3.86. The maximum atomic E-state index is 12.6. The molecule has 4 aliphatic carbocycles. The van der Waals surface area contributed by atoms with Crippen LogP contribution in [0.25, 0.3) is 0 Å². The molecule has 4 bridgehead atoms. The van der Waals surface area contributed by atoms with Crippen LogP contribution in [0.4, 0.5) is 0 Å². The van der Waals surface area contributed by atoms with Gasteiger partial charge in [-0.15, -0.1) is 11.6 Å². The molecule has 0 aromatic carbocycles. The van der Waals surface area contributed by atoms with Gasteiger partial charge in [-0.1, -0.05) is 6.92 Å². The van der Waals surface area contributed by atoms with Crippen LogP contribution in [0.5, 0.6) is 0 Å². The summed E-state index contributed by atoms with van der Waals surface area (Å²) in [4.78, 5) is 12.6. The highest BCUT2D eigenvalue weighted by Crippen LogP contribution is 2.60. The average Bonchev–Trinajstić information content (AvgIpc) is 2.33. The van der Waals surface area contributed by atoms with Gasteiger partial charge in [0.15, 0.2) is 0 Å². The van der Waals surface area contributed by atoms with Crippen molar-refractivity contribution < 1.29 is 4.79 Å². The lowest BCUT2D eigenvalue weighted by atomic mass is 9.49. The van der Waals surface area contributed by atoms with Crippen LogP contribution in [0.15, 0.2) is 0 Å². The molecule has 4 saturated carbocycles. The van der Waals surface area contributed by atoms with E-state index in [-0.39, 0.29) is 5.41 Å². The molecule has 3 heteroatoms. The summed E-state index contributed by atoms with van der Waals surface area (Å²) in [7, 11) is 0. The van der Waals surface area contributed by atoms with Crippen LogP contribution in [-0.2, 0) is 4.79 Å². The Hall–Kier alpha value is -0.240. The van der Waals surface area contributed by atoms with Crippen molar-refractivity contribution in [3.63, 3.8) is 0 Å². The molecule has 1 atom stereocenters. The molecular formula is C15H24ClNO. The number of nitrogens with one attached hydrogen (secondary N) is 1. The van der Waals surface area contributed by atoms with Crippen molar-refractivity contribution in [1.82, 2.24) is 5.32 Å². The van der Waals surface area contributed by atoms with E-state index in [9.17, 15) is 4.79 Å². The van der Waals surface area contributed by atoms with E-state index in [1.165, 1.54) is 19.3 Å². The predicted octanol–water partition coefficient (Wildman–Crippen LogP) is 3.19. The van der Waals surface area contributed by atoms with E-state index >= 15 is 0 Å². The van der Waals surface area contributed by atoms with Gasteiger partial charge in [-0.3, -0.25) is 4.79 Å². The van der Waals surface area contributed by atoms with Crippen LogP contribution in [-0.4, -0.2) is 18.3 Å². The SMILES string of the molecule is CC(CCl)CNC(=O)C12CC3CC(CC(C3)C1)C2. The van der Waals surface area contributed by atoms with Crippen LogP contribution >= 0.6 is 11.6 Å². The van der Waals surface area contributed by atoms with E-state index in [0.717, 1.165) is 43.6 Å². The Balaban J connectivity index is 1.66. The van der Waals surface area contributed by atoms with Gasteiger partial charge in [0.25, 0.3) is 0 Å². The molecule has 102 valence electrons. The largest absolute Gasteiger partial charge is 0.355 e. The lowest BCUT2D eigenvalue weighted by Gasteiger charge is -2.55. The number of alkyl halides is 1. The number of hydrogen-bond acceptors (Lipinski definition) is 1. The van der Waals surface area contributed by atoms with E-state index in [1.807, 2.05) is 0 Å². The second kappa shape index (κ2) is 4.70. The molecule has 4 aliphatic rings. The summed E-state index contributed by atoms with van der Waals surface area (Å²) in [6.45, 7) is 2.83. The average molecular weight is 270 g/mol. The first-order valence-electron chi connectivity index (χ1n) is 7.45. The first-order chi connectivity index (χ1) is 8.61. The van der Waals surface area contributed by atoms with Gasteiger partial charge in [-0.2, -0.15) is 0 Å². The number of hydrogen-bond donors (Lipinski definition) is 1. The number of halogens is 1. The topological polar surface area (TPSA) is 29.1 Å². The maximum Gasteiger partial charge on any atom is 0.226 e. The monoisotopic (exact) mass is 269 g/mol. The Morgan fingerprint density at radius 1 is 1.22 bits per heavy atom. The maximum absolute atomic E-state index is 12.6. The number of rotatable bonds is 4. The van der Waals surface area contributed by atoms with E-state index in [2.05, 4.69) is 12.2 Å². The molecule has 18 heavy (non-hydrogen) atoms. The van der Waals surface area contributed by atoms with Crippen LogP contribution in [0, 0.1) is 29.1 Å². The summed E-state index contributed by atoms with van der Waals surface area (Å²) in [6.07, 6.45) is 7.64. The van der Waals surface area contributed by atoms with Gasteiger partial charge in [-0.05, 0) is 62.2 Å². The lowest BCUT2D eigenvalue weighted by Crippen LogP contribution is -2.54. The fourth-order valence-corrected chi connectivity index (χ4v) is 5.01. The fraction of sp³-hybridized carbons (Fsp3) is 0.933. The first kappa shape index (κ1) is 12.8. The molecule has 4 rings (SSSR count). The van der Waals surface area contributed by atoms with Gasteiger partial charge >= 0.3 is 0 Å². The highest BCUT2D eigenvalue weighted by atomic mass is 35.5. The second-order valence-corrected chi connectivity index (χ2v) is 7.48. The molecule has 1 N–H and O–H groups in total. The highest BCUT2D eigenvalue weighted by molar-refractivity contribution is 6.18. The van der Waals surface area contributed by atoms with Gasteiger partial charge in [0.05, 0.1) is 0 Å². The van der Waals surface area contributed by atoms with Crippen LogP contribution < -0.4 is 5.32 Å². The molecule has 0 aromatic heterocycles. The molecule has 2 nitrogen and oxygen atoms in total. The zero-order valence-corrected chi connectivity index (χ0v) is 12.0. The zero-order valence-electron chi connectivity index (χ0n) is 11.3. The van der Waals surface area contributed by atoms with Gasteiger partial charge < -0.3 is 5.32 Å². The minimum atomic E-state index is 0.000777. The van der Waals surface area contributed by atoms with Crippen molar-refractivity contribution in [2.45, 2.75) is 45.4 Å². The van der Waals surface area contributed by atoms with Gasteiger partial charge in [0, 0.05) is 17.8 Å². The Morgan fingerprint density at radius 3 is 2.17 bits per heavy atom. The smallest absolute Gasteiger partial charge is 0.226 e. The van der Waals surface area contributed by atoms with E-state index < -0.39 is 0 Å². The molecule has 0 spiro atoms. The summed E-state index contributed by atoms with van der Waals surface area (Å²) in [6, 6.07) is 0. The van der Waals surface area contributed by atoms with Crippen molar-refractivity contribution in [1.29, 1.82) is 0 Å². The summed E-state index contributed by atoms with van der Waals surface area (Å²) in [5.41, 5.74) is 0.000777. The van der Waals surface area contributed by atoms with E-state index in [1.54, 1.807) is 0 Å². The zero-order chi connectivity index (χ0) is 12.8. The van der Waals surface area contributed by atoms with Crippen molar-refractivity contribution in [3.8, 4) is 0 Å². The van der Waals surface area contributed by atoms with Crippen molar-refractivity contribution in [3.05, 3.63) is 0 Å². The van der Waals surface area contributed by atoms with Crippen molar-refractivity contribution in [2.75, 3.05) is 12.4 Å². The molecule has 1 amide bonds. The van der Waals surface area contributed by atoms with Gasteiger partial charge in [0.1, 0.15) is 0 Å². The Morgan fingerprint density at radius 2 is 1.72 bits per heavy atom. The van der Waals surface area contributed by atoms with Crippen molar-refractivity contribution in [2.24, 2.45) is 29.1 Å². The molecular weight excluding hydrogens is 246 g/mol. The second-order valence-electron chi connectivity index (χ2n) is 7.17. The summed E-state index contributed by atoms with van der Waals surface area (Å²) < 4.78 is 0. The number of amides is 1. The normalized spacial score (nSPS) is 42.9. The lowest BCUT2D eigenvalue weighted by molar-refractivity contribution is -0.146. The number of carbonyl (C=O) groups excluding carboxylic acids is 1. The minimum Gasteiger partial charge on any atom is -0.355 e. The Bertz CT molecular complexity index is 306. The quantitative estimate of drug-likeness (QED) is 0.781. The molecule has 1 unspecified atom stereocenters. The Kier molecular flexibility index (Phi) is 3.34. The third kappa shape index (κ3) is 2.17.